The molecule has 1 fully saturated rings. The Balaban J connectivity index is 1.60. The van der Waals surface area contributed by atoms with Crippen LogP contribution < -0.4 is 9.80 Å². The van der Waals surface area contributed by atoms with Crippen LogP contribution in [0.15, 0.2) is 42.5 Å². The van der Waals surface area contributed by atoms with Gasteiger partial charge in [0.05, 0.1) is 6.42 Å². The van der Waals surface area contributed by atoms with E-state index in [9.17, 15) is 4.79 Å². The number of piperazine rings is 1. The molecule has 0 unspecified atom stereocenters. The van der Waals surface area contributed by atoms with Gasteiger partial charge in [0.15, 0.2) is 0 Å². The summed E-state index contributed by atoms with van der Waals surface area (Å²) in [5.41, 5.74) is 6.22. The first-order valence-corrected chi connectivity index (χ1v) is 10.5. The minimum absolute atomic E-state index is 0.238. The van der Waals surface area contributed by atoms with Crippen molar-refractivity contribution < 1.29 is 4.79 Å². The zero-order valence-electron chi connectivity index (χ0n) is 17.7. The Hall–Kier alpha value is -2.49. The van der Waals surface area contributed by atoms with Crippen molar-refractivity contribution in [1.29, 1.82) is 0 Å². The Bertz CT molecular complexity index is 805. The third-order valence-corrected chi connectivity index (χ3v) is 5.88. The molecule has 4 heteroatoms. The second kappa shape index (κ2) is 9.13. The SMILES string of the molecule is CCN(CC)c1ccc(N2CCN(C(=O)Cc3ccccc3C)CC2)c(C)c1. The Morgan fingerprint density at radius 2 is 1.61 bits per heavy atom. The van der Waals surface area contributed by atoms with Crippen LogP contribution in [0, 0.1) is 13.8 Å². The van der Waals surface area contributed by atoms with Crippen molar-refractivity contribution in [3.63, 3.8) is 0 Å². The van der Waals surface area contributed by atoms with Crippen LogP contribution in [-0.2, 0) is 11.2 Å². The summed E-state index contributed by atoms with van der Waals surface area (Å²) < 4.78 is 0. The number of carbonyl (C=O) groups excluding carboxylic acids is 1. The minimum atomic E-state index is 0.238. The first-order valence-electron chi connectivity index (χ1n) is 10.5. The largest absolute Gasteiger partial charge is 0.372 e. The highest BCUT2D eigenvalue weighted by Gasteiger charge is 2.22. The van der Waals surface area contributed by atoms with Crippen molar-refractivity contribution in [3.8, 4) is 0 Å². The summed E-state index contributed by atoms with van der Waals surface area (Å²) in [7, 11) is 0. The fraction of sp³-hybridized carbons (Fsp3) is 0.458. The molecular weight excluding hydrogens is 346 g/mol. The first kappa shape index (κ1) is 20.2. The van der Waals surface area contributed by atoms with Crippen molar-refractivity contribution in [3.05, 3.63) is 59.2 Å². The van der Waals surface area contributed by atoms with Gasteiger partial charge in [0, 0.05) is 50.6 Å². The van der Waals surface area contributed by atoms with E-state index < -0.39 is 0 Å². The van der Waals surface area contributed by atoms with E-state index in [2.05, 4.69) is 67.8 Å². The molecule has 1 aliphatic rings. The predicted molar refractivity (Wildman–Crippen MR) is 118 cm³/mol. The lowest BCUT2D eigenvalue weighted by Crippen LogP contribution is -2.49. The summed E-state index contributed by atoms with van der Waals surface area (Å²) >= 11 is 0. The molecule has 1 heterocycles. The molecule has 1 aliphatic heterocycles. The van der Waals surface area contributed by atoms with Crippen molar-refractivity contribution in [2.24, 2.45) is 0 Å². The molecule has 2 aromatic rings. The molecule has 2 aromatic carbocycles. The smallest absolute Gasteiger partial charge is 0.227 e. The first-order chi connectivity index (χ1) is 13.5. The highest BCUT2D eigenvalue weighted by Crippen LogP contribution is 2.26. The highest BCUT2D eigenvalue weighted by molar-refractivity contribution is 5.79. The molecule has 0 atom stereocenters. The summed E-state index contributed by atoms with van der Waals surface area (Å²) in [6, 6.07) is 14.9. The number of nitrogens with zero attached hydrogens (tertiary/aromatic N) is 3. The highest BCUT2D eigenvalue weighted by atomic mass is 16.2. The number of carbonyl (C=O) groups is 1. The zero-order chi connectivity index (χ0) is 20.1. The molecule has 0 aromatic heterocycles. The zero-order valence-corrected chi connectivity index (χ0v) is 17.7. The number of rotatable bonds is 6. The van der Waals surface area contributed by atoms with Gasteiger partial charge < -0.3 is 14.7 Å². The van der Waals surface area contributed by atoms with Crippen LogP contribution in [0.5, 0.6) is 0 Å². The van der Waals surface area contributed by atoms with Gasteiger partial charge in [-0.25, -0.2) is 0 Å². The van der Waals surface area contributed by atoms with Crippen LogP contribution in [-0.4, -0.2) is 50.1 Å². The van der Waals surface area contributed by atoms with Crippen LogP contribution in [0.1, 0.15) is 30.5 Å². The predicted octanol–water partition coefficient (Wildman–Crippen LogP) is 4.04. The molecule has 1 amide bonds. The topological polar surface area (TPSA) is 26.8 Å². The monoisotopic (exact) mass is 379 g/mol. The molecule has 3 rings (SSSR count). The van der Waals surface area contributed by atoms with E-state index >= 15 is 0 Å². The number of benzene rings is 2. The Morgan fingerprint density at radius 1 is 0.929 bits per heavy atom. The maximum Gasteiger partial charge on any atom is 0.227 e. The maximum absolute atomic E-state index is 12.7. The van der Waals surface area contributed by atoms with Gasteiger partial charge >= 0.3 is 0 Å². The van der Waals surface area contributed by atoms with Crippen LogP contribution >= 0.6 is 0 Å². The second-order valence-corrected chi connectivity index (χ2v) is 7.61. The quantitative estimate of drug-likeness (QED) is 0.758. The number of aryl methyl sites for hydroxylation is 2. The summed E-state index contributed by atoms with van der Waals surface area (Å²) in [6.45, 7) is 14.1. The average molecular weight is 380 g/mol. The lowest BCUT2D eigenvalue weighted by molar-refractivity contribution is -0.130. The molecular formula is C24H33N3O. The van der Waals surface area contributed by atoms with Gasteiger partial charge in [-0.15, -0.1) is 0 Å². The van der Waals surface area contributed by atoms with E-state index in [0.717, 1.165) is 44.8 Å². The number of hydrogen-bond acceptors (Lipinski definition) is 3. The third kappa shape index (κ3) is 4.49. The van der Waals surface area contributed by atoms with Crippen molar-refractivity contribution >= 4 is 17.3 Å². The average Bonchev–Trinajstić information content (AvgIpc) is 2.71. The van der Waals surface area contributed by atoms with Crippen LogP contribution in [0.3, 0.4) is 0 Å². The maximum atomic E-state index is 12.7. The molecule has 0 saturated carbocycles. The van der Waals surface area contributed by atoms with Gasteiger partial charge in [0.25, 0.3) is 0 Å². The van der Waals surface area contributed by atoms with Gasteiger partial charge in [0.1, 0.15) is 0 Å². The molecule has 0 aliphatic carbocycles. The van der Waals surface area contributed by atoms with Gasteiger partial charge in [-0.05, 0) is 62.6 Å². The summed E-state index contributed by atoms with van der Waals surface area (Å²) in [6.07, 6.45) is 0.504. The molecule has 0 N–H and O–H groups in total. The number of hydrogen-bond donors (Lipinski definition) is 0. The Labute approximate surface area is 169 Å². The third-order valence-electron chi connectivity index (χ3n) is 5.88. The van der Waals surface area contributed by atoms with E-state index in [0.29, 0.717) is 6.42 Å². The normalized spacial score (nSPS) is 14.3. The molecule has 28 heavy (non-hydrogen) atoms. The molecule has 0 bridgehead atoms. The fourth-order valence-corrected chi connectivity index (χ4v) is 4.06. The van der Waals surface area contributed by atoms with E-state index in [4.69, 9.17) is 0 Å². The molecule has 150 valence electrons. The van der Waals surface area contributed by atoms with E-state index in [1.54, 1.807) is 0 Å². The Kier molecular flexibility index (Phi) is 6.61. The number of anilines is 2. The lowest BCUT2D eigenvalue weighted by Gasteiger charge is -2.37. The summed E-state index contributed by atoms with van der Waals surface area (Å²) in [5, 5.41) is 0. The van der Waals surface area contributed by atoms with Gasteiger partial charge in [0.2, 0.25) is 5.91 Å². The van der Waals surface area contributed by atoms with Crippen LogP contribution in [0.2, 0.25) is 0 Å². The van der Waals surface area contributed by atoms with E-state index in [1.807, 2.05) is 17.0 Å². The van der Waals surface area contributed by atoms with E-state index in [1.165, 1.54) is 22.5 Å². The summed E-state index contributed by atoms with van der Waals surface area (Å²) in [4.78, 5) is 19.5. The van der Waals surface area contributed by atoms with Gasteiger partial charge in [-0.1, -0.05) is 24.3 Å². The molecule has 4 nitrogen and oxygen atoms in total. The molecule has 1 saturated heterocycles. The number of amides is 1. The second-order valence-electron chi connectivity index (χ2n) is 7.61. The van der Waals surface area contributed by atoms with Crippen molar-refractivity contribution in [2.75, 3.05) is 49.1 Å². The molecule has 0 radical (unpaired) electrons. The Morgan fingerprint density at radius 3 is 2.21 bits per heavy atom. The minimum Gasteiger partial charge on any atom is -0.372 e. The van der Waals surface area contributed by atoms with Gasteiger partial charge in [-0.3, -0.25) is 4.79 Å². The summed E-state index contributed by atoms with van der Waals surface area (Å²) in [5.74, 6) is 0.238. The van der Waals surface area contributed by atoms with Crippen LogP contribution in [0.4, 0.5) is 11.4 Å². The van der Waals surface area contributed by atoms with Crippen molar-refractivity contribution in [2.45, 2.75) is 34.1 Å². The molecule has 0 spiro atoms. The lowest BCUT2D eigenvalue weighted by atomic mass is 10.0. The van der Waals surface area contributed by atoms with Gasteiger partial charge in [-0.2, -0.15) is 0 Å². The van der Waals surface area contributed by atoms with Crippen LogP contribution in [0.25, 0.3) is 0 Å². The van der Waals surface area contributed by atoms with Crippen molar-refractivity contribution in [1.82, 2.24) is 4.90 Å². The van der Waals surface area contributed by atoms with E-state index in [-0.39, 0.29) is 5.91 Å². The standard InChI is InChI=1S/C24H33N3O/c1-5-25(6-2)22-11-12-23(20(4)17-22)26-13-15-27(16-14-26)24(28)18-21-10-8-7-9-19(21)3/h7-12,17H,5-6,13-16,18H2,1-4H3. The fourth-order valence-electron chi connectivity index (χ4n) is 4.06.